The van der Waals surface area contributed by atoms with Crippen molar-refractivity contribution in [1.82, 2.24) is 14.7 Å². The lowest BCUT2D eigenvalue weighted by atomic mass is 9.89. The van der Waals surface area contributed by atoms with Gasteiger partial charge in [0, 0.05) is 19.0 Å². The molecule has 0 bridgehead atoms. The minimum Gasteiger partial charge on any atom is -0.294 e. The Morgan fingerprint density at radius 3 is 2.68 bits per heavy atom. The van der Waals surface area contributed by atoms with Crippen molar-refractivity contribution in [3.05, 3.63) is 57.9 Å². The molecule has 7 nitrogen and oxygen atoms in total. The van der Waals surface area contributed by atoms with Gasteiger partial charge in [0.05, 0.1) is 17.2 Å². The monoisotopic (exact) mass is 350 g/mol. The van der Waals surface area contributed by atoms with Crippen LogP contribution in [0, 0.1) is 27.7 Å². The lowest BCUT2D eigenvalue weighted by Gasteiger charge is -2.31. The first-order valence-corrected chi connectivity index (χ1v) is 7.82. The fourth-order valence-electron chi connectivity index (χ4n) is 2.97. The highest BCUT2D eigenvalue weighted by atomic mass is 19.1. The van der Waals surface area contributed by atoms with Crippen LogP contribution in [0.1, 0.15) is 23.2 Å². The minimum atomic E-state index is -0.710. The van der Waals surface area contributed by atoms with E-state index in [-0.39, 0.29) is 23.0 Å². The highest BCUT2D eigenvalue weighted by Crippen LogP contribution is 2.24. The van der Waals surface area contributed by atoms with Gasteiger partial charge in [-0.25, -0.2) is 8.78 Å². The Kier molecular flexibility index (Phi) is 4.84. The molecule has 0 atom stereocenters. The highest BCUT2D eigenvalue weighted by molar-refractivity contribution is 5.98. The quantitative estimate of drug-likeness (QED) is 0.470. The van der Waals surface area contributed by atoms with E-state index in [9.17, 15) is 23.7 Å². The van der Waals surface area contributed by atoms with Gasteiger partial charge in [-0.3, -0.25) is 24.5 Å². The molecule has 132 valence electrons. The third kappa shape index (κ3) is 3.87. The molecule has 1 aliphatic rings. The van der Waals surface area contributed by atoms with Gasteiger partial charge < -0.3 is 0 Å². The number of carbonyl (C=O) groups is 1. The number of rotatable bonds is 5. The maximum atomic E-state index is 13.7. The summed E-state index contributed by atoms with van der Waals surface area (Å²) in [5.41, 5.74) is -0.284. The Bertz CT molecular complexity index is 800. The number of ketones is 1. The van der Waals surface area contributed by atoms with E-state index in [2.05, 4.69) is 5.10 Å². The maximum absolute atomic E-state index is 13.7. The lowest BCUT2D eigenvalue weighted by molar-refractivity contribution is -0.385. The molecular formula is C16H16F2N4O3. The van der Waals surface area contributed by atoms with Gasteiger partial charge in [-0.2, -0.15) is 5.10 Å². The summed E-state index contributed by atoms with van der Waals surface area (Å²) in [5.74, 6) is -2.09. The van der Waals surface area contributed by atoms with Gasteiger partial charge in [0.1, 0.15) is 24.0 Å². The molecule has 1 aromatic heterocycles. The van der Waals surface area contributed by atoms with Crippen LogP contribution < -0.4 is 0 Å². The van der Waals surface area contributed by atoms with Gasteiger partial charge in [-0.05, 0) is 31.0 Å². The molecule has 0 spiro atoms. The Morgan fingerprint density at radius 2 is 2.04 bits per heavy atom. The standard InChI is InChI=1S/C16H16F2N4O3/c17-12-1-2-15(18)14(7-12)16(23)11-3-5-20(6-4-11)10-21-9-13(8-19-21)22(24)25/h1-2,7-9,11H,3-6,10H2. The summed E-state index contributed by atoms with van der Waals surface area (Å²) < 4.78 is 28.5. The second kappa shape index (κ2) is 7.06. The van der Waals surface area contributed by atoms with E-state index in [0.29, 0.717) is 32.6 Å². The van der Waals surface area contributed by atoms with Crippen LogP contribution in [-0.2, 0) is 6.67 Å². The molecule has 2 aromatic rings. The first kappa shape index (κ1) is 17.2. The molecule has 0 N–H and O–H groups in total. The summed E-state index contributed by atoms with van der Waals surface area (Å²) in [7, 11) is 0. The summed E-state index contributed by atoms with van der Waals surface area (Å²) in [5, 5.41) is 14.6. The van der Waals surface area contributed by atoms with Crippen LogP contribution >= 0.6 is 0 Å². The average Bonchev–Trinajstić information content (AvgIpc) is 3.06. The zero-order valence-corrected chi connectivity index (χ0v) is 13.3. The molecule has 2 heterocycles. The molecule has 1 saturated heterocycles. The number of hydrogen-bond donors (Lipinski definition) is 0. The Labute approximate surface area is 142 Å². The van der Waals surface area contributed by atoms with Gasteiger partial charge in [-0.1, -0.05) is 0 Å². The van der Waals surface area contributed by atoms with Gasteiger partial charge in [-0.15, -0.1) is 0 Å². The van der Waals surface area contributed by atoms with Crippen molar-refractivity contribution in [1.29, 1.82) is 0 Å². The lowest BCUT2D eigenvalue weighted by Crippen LogP contribution is -2.37. The van der Waals surface area contributed by atoms with Crippen molar-refractivity contribution in [2.75, 3.05) is 13.1 Å². The number of nitro groups is 1. The van der Waals surface area contributed by atoms with E-state index in [1.807, 2.05) is 4.90 Å². The normalized spacial score (nSPS) is 16.1. The number of carbonyl (C=O) groups excluding carboxylic acids is 1. The fraction of sp³-hybridized carbons (Fsp3) is 0.375. The first-order valence-electron chi connectivity index (χ1n) is 7.82. The van der Waals surface area contributed by atoms with E-state index >= 15 is 0 Å². The predicted octanol–water partition coefficient (Wildman–Crippen LogP) is 2.62. The molecular weight excluding hydrogens is 334 g/mol. The van der Waals surface area contributed by atoms with E-state index < -0.39 is 16.6 Å². The van der Waals surface area contributed by atoms with Crippen molar-refractivity contribution >= 4 is 11.5 Å². The molecule has 0 unspecified atom stereocenters. The number of nitrogens with zero attached hydrogens (tertiary/aromatic N) is 4. The van der Waals surface area contributed by atoms with Crippen LogP contribution in [0.3, 0.4) is 0 Å². The number of benzene rings is 1. The van der Waals surface area contributed by atoms with Crippen molar-refractivity contribution in [2.24, 2.45) is 5.92 Å². The second-order valence-corrected chi connectivity index (χ2v) is 6.02. The van der Waals surface area contributed by atoms with Crippen LogP contribution in [0.2, 0.25) is 0 Å². The maximum Gasteiger partial charge on any atom is 0.307 e. The van der Waals surface area contributed by atoms with Crippen LogP contribution in [0.5, 0.6) is 0 Å². The summed E-state index contributed by atoms with van der Waals surface area (Å²) in [4.78, 5) is 24.5. The molecule has 0 saturated carbocycles. The van der Waals surface area contributed by atoms with Gasteiger partial charge in [0.15, 0.2) is 5.78 Å². The number of piperidine rings is 1. The molecule has 3 rings (SSSR count). The summed E-state index contributed by atoms with van der Waals surface area (Å²) in [6.45, 7) is 1.52. The Hall–Kier alpha value is -2.68. The number of likely N-dealkylation sites (tertiary alicyclic amines) is 1. The molecule has 1 fully saturated rings. The molecule has 0 radical (unpaired) electrons. The number of hydrogen-bond acceptors (Lipinski definition) is 5. The first-order chi connectivity index (χ1) is 11.9. The largest absolute Gasteiger partial charge is 0.307 e. The van der Waals surface area contributed by atoms with Crippen LogP contribution in [-0.4, -0.2) is 38.5 Å². The summed E-state index contributed by atoms with van der Waals surface area (Å²) >= 11 is 0. The van der Waals surface area contributed by atoms with Crippen molar-refractivity contribution < 1.29 is 18.5 Å². The Morgan fingerprint density at radius 1 is 1.32 bits per heavy atom. The smallest absolute Gasteiger partial charge is 0.294 e. The van der Waals surface area contributed by atoms with Crippen LogP contribution in [0.15, 0.2) is 30.6 Å². The average molecular weight is 350 g/mol. The summed E-state index contributed by atoms with van der Waals surface area (Å²) in [6, 6.07) is 2.88. The Balaban J connectivity index is 1.58. The van der Waals surface area contributed by atoms with E-state index in [1.54, 1.807) is 0 Å². The third-order valence-electron chi connectivity index (χ3n) is 4.33. The van der Waals surface area contributed by atoms with Crippen molar-refractivity contribution in [3.8, 4) is 0 Å². The van der Waals surface area contributed by atoms with Crippen LogP contribution in [0.4, 0.5) is 14.5 Å². The number of aromatic nitrogens is 2. The molecule has 25 heavy (non-hydrogen) atoms. The number of Topliss-reactive ketones (excluding diaryl/α,β-unsaturated/α-hetero) is 1. The zero-order chi connectivity index (χ0) is 18.0. The van der Waals surface area contributed by atoms with Gasteiger partial charge >= 0.3 is 5.69 Å². The van der Waals surface area contributed by atoms with E-state index in [1.165, 1.54) is 17.1 Å². The fourth-order valence-corrected chi connectivity index (χ4v) is 2.97. The van der Waals surface area contributed by atoms with Crippen molar-refractivity contribution in [2.45, 2.75) is 19.5 Å². The molecule has 0 aliphatic carbocycles. The summed E-state index contributed by atoms with van der Waals surface area (Å²) in [6.07, 6.45) is 3.55. The van der Waals surface area contributed by atoms with Gasteiger partial charge in [0.2, 0.25) is 0 Å². The second-order valence-electron chi connectivity index (χ2n) is 6.02. The molecule has 9 heteroatoms. The topological polar surface area (TPSA) is 81.3 Å². The predicted molar refractivity (Wildman–Crippen MR) is 83.9 cm³/mol. The van der Waals surface area contributed by atoms with Gasteiger partial charge in [0.25, 0.3) is 0 Å². The molecule has 1 aliphatic heterocycles. The zero-order valence-electron chi connectivity index (χ0n) is 13.3. The van der Waals surface area contributed by atoms with Crippen LogP contribution in [0.25, 0.3) is 0 Å². The van der Waals surface area contributed by atoms with Crippen molar-refractivity contribution in [3.63, 3.8) is 0 Å². The number of halogens is 2. The van der Waals surface area contributed by atoms with E-state index in [4.69, 9.17) is 0 Å². The third-order valence-corrected chi connectivity index (χ3v) is 4.33. The molecule has 1 aromatic carbocycles. The SMILES string of the molecule is O=C(c1cc(F)ccc1F)C1CCN(Cn2cc([N+](=O)[O-])cn2)CC1. The van der Waals surface area contributed by atoms with E-state index in [0.717, 1.165) is 18.2 Å². The molecule has 0 amide bonds. The highest BCUT2D eigenvalue weighted by Gasteiger charge is 2.28. The minimum absolute atomic E-state index is 0.0772.